The van der Waals surface area contributed by atoms with E-state index >= 15 is 0 Å². The first kappa shape index (κ1) is 13.8. The van der Waals surface area contributed by atoms with Crippen LogP contribution in [0.5, 0.6) is 11.5 Å². The van der Waals surface area contributed by atoms with Crippen LogP contribution in [0.2, 0.25) is 0 Å². The Morgan fingerprint density at radius 3 is 2.30 bits per heavy atom. The summed E-state index contributed by atoms with van der Waals surface area (Å²) in [5.74, 6) is 1.55. The predicted molar refractivity (Wildman–Crippen MR) is 91.0 cm³/mol. The number of nitrogens with zero attached hydrogens (tertiary/aromatic N) is 3. The molecular formula is C19H17N3O. The van der Waals surface area contributed by atoms with E-state index in [9.17, 15) is 0 Å². The summed E-state index contributed by atoms with van der Waals surface area (Å²) in [6.45, 7) is 6.40. The second kappa shape index (κ2) is 5.09. The maximum Gasteiger partial charge on any atom is 0.173 e. The van der Waals surface area contributed by atoms with Gasteiger partial charge in [-0.15, -0.1) is 0 Å². The molecule has 2 aromatic carbocycles. The van der Waals surface area contributed by atoms with Crippen molar-refractivity contribution in [3.8, 4) is 11.5 Å². The van der Waals surface area contributed by atoms with Gasteiger partial charge in [0, 0.05) is 0 Å². The number of aryl methyl sites for hydroxylation is 3. The molecule has 0 fully saturated rings. The Balaban J connectivity index is 2.02. The van der Waals surface area contributed by atoms with Crippen LogP contribution in [0.3, 0.4) is 0 Å². The van der Waals surface area contributed by atoms with Crippen LogP contribution in [0.25, 0.3) is 0 Å². The molecule has 2 heterocycles. The van der Waals surface area contributed by atoms with Crippen molar-refractivity contribution in [1.82, 2.24) is 10.2 Å². The minimum absolute atomic E-state index is 0.720. The molecule has 0 spiro atoms. The number of hydrogen-bond donors (Lipinski definition) is 0. The molecule has 0 radical (unpaired) electrons. The van der Waals surface area contributed by atoms with E-state index in [1.54, 1.807) is 12.4 Å². The van der Waals surface area contributed by atoms with Crippen molar-refractivity contribution in [2.24, 2.45) is 0 Å². The smallest absolute Gasteiger partial charge is 0.173 e. The highest BCUT2D eigenvalue weighted by molar-refractivity contribution is 5.87. The van der Waals surface area contributed by atoms with Crippen molar-refractivity contribution >= 4 is 17.1 Å². The molecule has 4 rings (SSSR count). The van der Waals surface area contributed by atoms with Gasteiger partial charge in [0.1, 0.15) is 5.69 Å². The minimum atomic E-state index is 0.720. The SMILES string of the molecule is Cc1cc(C)c(N2c3ccccc3Oc3cnncc32)c(C)c1. The lowest BCUT2D eigenvalue weighted by Crippen LogP contribution is -2.18. The molecule has 1 aromatic heterocycles. The molecule has 0 aliphatic carbocycles. The minimum Gasteiger partial charge on any atom is -0.451 e. The topological polar surface area (TPSA) is 38.2 Å². The lowest BCUT2D eigenvalue weighted by Gasteiger charge is -2.34. The monoisotopic (exact) mass is 303 g/mol. The number of benzene rings is 2. The lowest BCUT2D eigenvalue weighted by molar-refractivity contribution is 0.472. The third-order valence-electron chi connectivity index (χ3n) is 4.10. The molecule has 1 aliphatic heterocycles. The van der Waals surface area contributed by atoms with Crippen LogP contribution >= 0.6 is 0 Å². The fourth-order valence-corrected chi connectivity index (χ4v) is 3.29. The lowest BCUT2D eigenvalue weighted by atomic mass is 10.0. The zero-order chi connectivity index (χ0) is 16.0. The zero-order valence-corrected chi connectivity index (χ0v) is 13.4. The van der Waals surface area contributed by atoms with E-state index in [1.807, 2.05) is 18.2 Å². The fourth-order valence-electron chi connectivity index (χ4n) is 3.29. The van der Waals surface area contributed by atoms with E-state index < -0.39 is 0 Å². The van der Waals surface area contributed by atoms with Crippen molar-refractivity contribution < 1.29 is 4.74 Å². The Bertz CT molecular complexity index is 836. The van der Waals surface area contributed by atoms with E-state index in [2.05, 4.69) is 54.1 Å². The first-order valence-corrected chi connectivity index (χ1v) is 7.60. The van der Waals surface area contributed by atoms with Crippen LogP contribution in [-0.4, -0.2) is 10.2 Å². The molecule has 0 amide bonds. The molecule has 4 nitrogen and oxygen atoms in total. The molecule has 0 saturated heterocycles. The third kappa shape index (κ3) is 2.14. The number of aromatic nitrogens is 2. The Morgan fingerprint density at radius 1 is 0.826 bits per heavy atom. The Kier molecular flexibility index (Phi) is 3.05. The van der Waals surface area contributed by atoms with Crippen molar-refractivity contribution in [3.63, 3.8) is 0 Å². The van der Waals surface area contributed by atoms with Crippen molar-refractivity contribution in [2.75, 3.05) is 4.90 Å². The summed E-state index contributed by atoms with van der Waals surface area (Å²) in [5.41, 5.74) is 6.81. The van der Waals surface area contributed by atoms with Crippen molar-refractivity contribution in [2.45, 2.75) is 20.8 Å². The number of anilines is 3. The molecular weight excluding hydrogens is 286 g/mol. The van der Waals surface area contributed by atoms with E-state index in [-0.39, 0.29) is 0 Å². The van der Waals surface area contributed by atoms with Gasteiger partial charge in [-0.2, -0.15) is 10.2 Å². The fraction of sp³-hybridized carbons (Fsp3) is 0.158. The summed E-state index contributed by atoms with van der Waals surface area (Å²) in [6.07, 6.45) is 3.42. The van der Waals surface area contributed by atoms with Crippen LogP contribution in [0.1, 0.15) is 16.7 Å². The van der Waals surface area contributed by atoms with E-state index in [0.29, 0.717) is 0 Å². The number of rotatable bonds is 1. The number of ether oxygens (including phenoxy) is 1. The van der Waals surface area contributed by atoms with Crippen LogP contribution in [0.4, 0.5) is 17.1 Å². The van der Waals surface area contributed by atoms with Crippen LogP contribution < -0.4 is 9.64 Å². The summed E-state index contributed by atoms with van der Waals surface area (Å²) in [5, 5.41) is 8.01. The van der Waals surface area contributed by atoms with Crippen molar-refractivity contribution in [1.29, 1.82) is 0 Å². The number of para-hydroxylation sites is 2. The van der Waals surface area contributed by atoms with Crippen LogP contribution in [-0.2, 0) is 0 Å². The maximum atomic E-state index is 5.99. The van der Waals surface area contributed by atoms with Gasteiger partial charge in [-0.3, -0.25) is 0 Å². The molecule has 1 aliphatic rings. The molecule has 0 atom stereocenters. The van der Waals surface area contributed by atoms with Gasteiger partial charge in [0.15, 0.2) is 11.5 Å². The molecule has 23 heavy (non-hydrogen) atoms. The molecule has 4 heteroatoms. The van der Waals surface area contributed by atoms with E-state index in [0.717, 1.165) is 22.9 Å². The zero-order valence-electron chi connectivity index (χ0n) is 13.4. The average Bonchev–Trinajstić information content (AvgIpc) is 2.53. The molecule has 3 aromatic rings. The second-order valence-electron chi connectivity index (χ2n) is 5.89. The van der Waals surface area contributed by atoms with Gasteiger partial charge in [-0.1, -0.05) is 29.8 Å². The standard InChI is InChI=1S/C19H17N3O/c1-12-8-13(2)19(14(3)9-12)22-15-6-4-5-7-17(15)23-18-11-21-20-10-16(18)22/h4-11H,1-3H3. The van der Waals surface area contributed by atoms with Gasteiger partial charge in [-0.05, 0) is 44.0 Å². The Hall–Kier alpha value is -2.88. The highest BCUT2D eigenvalue weighted by Crippen LogP contribution is 2.50. The summed E-state index contributed by atoms with van der Waals surface area (Å²) in [6, 6.07) is 12.4. The van der Waals surface area contributed by atoms with Gasteiger partial charge >= 0.3 is 0 Å². The normalized spacial score (nSPS) is 12.4. The molecule has 0 bridgehead atoms. The summed E-state index contributed by atoms with van der Waals surface area (Å²) >= 11 is 0. The highest BCUT2D eigenvalue weighted by Gasteiger charge is 2.28. The maximum absolute atomic E-state index is 5.99. The predicted octanol–water partition coefficient (Wildman–Crippen LogP) is 4.98. The largest absolute Gasteiger partial charge is 0.451 e. The van der Waals surface area contributed by atoms with Gasteiger partial charge < -0.3 is 9.64 Å². The van der Waals surface area contributed by atoms with E-state index in [4.69, 9.17) is 4.74 Å². The quantitative estimate of drug-likeness (QED) is 0.497. The Morgan fingerprint density at radius 2 is 1.52 bits per heavy atom. The van der Waals surface area contributed by atoms with Gasteiger partial charge in [0.25, 0.3) is 0 Å². The van der Waals surface area contributed by atoms with Gasteiger partial charge in [-0.25, -0.2) is 0 Å². The first-order valence-electron chi connectivity index (χ1n) is 7.60. The van der Waals surface area contributed by atoms with E-state index in [1.165, 1.54) is 22.4 Å². The van der Waals surface area contributed by atoms with Gasteiger partial charge in [0.2, 0.25) is 0 Å². The molecule has 0 saturated carbocycles. The first-order chi connectivity index (χ1) is 11.1. The average molecular weight is 303 g/mol. The second-order valence-corrected chi connectivity index (χ2v) is 5.89. The third-order valence-corrected chi connectivity index (χ3v) is 4.10. The summed E-state index contributed by atoms with van der Waals surface area (Å²) in [7, 11) is 0. The molecule has 0 unspecified atom stereocenters. The Labute approximate surface area is 135 Å². The molecule has 0 N–H and O–H groups in total. The highest BCUT2D eigenvalue weighted by atomic mass is 16.5. The number of fused-ring (bicyclic) bond motifs is 2. The number of hydrogen-bond acceptors (Lipinski definition) is 4. The summed E-state index contributed by atoms with van der Waals surface area (Å²) < 4.78 is 5.99. The van der Waals surface area contributed by atoms with Gasteiger partial charge in [0.05, 0.1) is 23.8 Å². The van der Waals surface area contributed by atoms with Crippen LogP contribution in [0.15, 0.2) is 48.8 Å². The summed E-state index contributed by atoms with van der Waals surface area (Å²) in [4.78, 5) is 2.22. The van der Waals surface area contributed by atoms with Crippen LogP contribution in [0, 0.1) is 20.8 Å². The van der Waals surface area contributed by atoms with Crippen molar-refractivity contribution in [3.05, 3.63) is 65.5 Å². The molecule has 114 valence electrons.